The van der Waals surface area contributed by atoms with Gasteiger partial charge in [0.25, 0.3) is 0 Å². The summed E-state index contributed by atoms with van der Waals surface area (Å²) >= 11 is 0. The molecule has 0 spiro atoms. The zero-order chi connectivity index (χ0) is 13.3. The third kappa shape index (κ3) is 9.60. The van der Waals surface area contributed by atoms with E-state index in [1.807, 2.05) is 13.8 Å². The van der Waals surface area contributed by atoms with Gasteiger partial charge in [0.05, 0.1) is 6.61 Å². The minimum atomic E-state index is -0.336. The second-order valence-corrected chi connectivity index (χ2v) is 4.35. The van der Waals surface area contributed by atoms with Gasteiger partial charge in [-0.3, -0.25) is 9.59 Å². The van der Waals surface area contributed by atoms with Gasteiger partial charge < -0.3 is 9.47 Å². The van der Waals surface area contributed by atoms with Crippen LogP contribution < -0.4 is 0 Å². The summed E-state index contributed by atoms with van der Waals surface area (Å²) in [5, 5.41) is 0. The van der Waals surface area contributed by atoms with Gasteiger partial charge in [0, 0.05) is 13.3 Å². The quantitative estimate of drug-likeness (QED) is 0.484. The molecule has 0 saturated heterocycles. The zero-order valence-corrected chi connectivity index (χ0v) is 10.9. The standard InChI is InChI=1S/C13H22O4/c1-5-12(17-11(4)14)7-6-8-13(15)16-9-10(2)3/h5,10,12H,1,6-9H2,2-4H3. The number of carbonyl (C=O) groups excluding carboxylic acids is 2. The van der Waals surface area contributed by atoms with Gasteiger partial charge in [0.1, 0.15) is 6.10 Å². The summed E-state index contributed by atoms with van der Waals surface area (Å²) in [6.45, 7) is 9.36. The lowest BCUT2D eigenvalue weighted by atomic mass is 10.1. The van der Waals surface area contributed by atoms with Crippen molar-refractivity contribution in [2.75, 3.05) is 6.61 Å². The molecule has 0 saturated carbocycles. The fourth-order valence-electron chi connectivity index (χ4n) is 1.22. The molecule has 0 aromatic rings. The molecule has 98 valence electrons. The summed E-state index contributed by atoms with van der Waals surface area (Å²) in [5.74, 6) is -0.192. The molecule has 0 aliphatic heterocycles. The average Bonchev–Trinajstić information content (AvgIpc) is 2.24. The predicted molar refractivity (Wildman–Crippen MR) is 65.4 cm³/mol. The van der Waals surface area contributed by atoms with Gasteiger partial charge in [0.15, 0.2) is 0 Å². The molecule has 1 atom stereocenters. The fraction of sp³-hybridized carbons (Fsp3) is 0.692. The summed E-state index contributed by atoms with van der Waals surface area (Å²) in [5.41, 5.74) is 0. The van der Waals surface area contributed by atoms with Crippen molar-refractivity contribution in [1.29, 1.82) is 0 Å². The molecule has 0 heterocycles. The molecule has 0 aromatic carbocycles. The number of hydrogen-bond donors (Lipinski definition) is 0. The van der Waals surface area contributed by atoms with Gasteiger partial charge in [-0.1, -0.05) is 26.5 Å². The Kier molecular flexibility index (Phi) is 8.11. The van der Waals surface area contributed by atoms with Crippen molar-refractivity contribution in [3.63, 3.8) is 0 Å². The van der Waals surface area contributed by atoms with E-state index >= 15 is 0 Å². The molecule has 0 aromatic heterocycles. The van der Waals surface area contributed by atoms with Crippen molar-refractivity contribution in [2.24, 2.45) is 5.92 Å². The van der Waals surface area contributed by atoms with E-state index in [4.69, 9.17) is 9.47 Å². The maximum atomic E-state index is 11.3. The van der Waals surface area contributed by atoms with Gasteiger partial charge in [0.2, 0.25) is 0 Å². The van der Waals surface area contributed by atoms with E-state index in [2.05, 4.69) is 6.58 Å². The SMILES string of the molecule is C=CC(CCCC(=O)OCC(C)C)OC(C)=O. The Morgan fingerprint density at radius 3 is 2.47 bits per heavy atom. The summed E-state index contributed by atoms with van der Waals surface area (Å²) < 4.78 is 10.00. The Labute approximate surface area is 103 Å². The number of esters is 2. The Morgan fingerprint density at radius 1 is 1.35 bits per heavy atom. The molecule has 0 fully saturated rings. The Balaban J connectivity index is 3.69. The Hall–Kier alpha value is -1.32. The number of hydrogen-bond acceptors (Lipinski definition) is 4. The van der Waals surface area contributed by atoms with E-state index in [1.54, 1.807) is 6.08 Å². The molecule has 17 heavy (non-hydrogen) atoms. The van der Waals surface area contributed by atoms with Gasteiger partial charge in [-0.15, -0.1) is 0 Å². The van der Waals surface area contributed by atoms with E-state index in [1.165, 1.54) is 6.92 Å². The molecule has 0 amide bonds. The average molecular weight is 242 g/mol. The monoisotopic (exact) mass is 242 g/mol. The minimum absolute atomic E-state index is 0.204. The number of carbonyl (C=O) groups is 2. The first-order chi connectivity index (χ1) is 7.95. The summed E-state index contributed by atoms with van der Waals surface area (Å²) in [6.07, 6.45) is 2.82. The Morgan fingerprint density at radius 2 is 2.00 bits per heavy atom. The van der Waals surface area contributed by atoms with E-state index in [9.17, 15) is 9.59 Å². The summed E-state index contributed by atoms with van der Waals surface area (Å²) in [6, 6.07) is 0. The van der Waals surface area contributed by atoms with E-state index in [-0.39, 0.29) is 18.0 Å². The molecule has 0 radical (unpaired) electrons. The van der Waals surface area contributed by atoms with E-state index in [0.717, 1.165) is 0 Å². The van der Waals surface area contributed by atoms with Crippen molar-refractivity contribution in [2.45, 2.75) is 46.1 Å². The lowest BCUT2D eigenvalue weighted by molar-refractivity contribution is -0.145. The van der Waals surface area contributed by atoms with Crippen LogP contribution in [0.25, 0.3) is 0 Å². The first kappa shape index (κ1) is 15.7. The molecule has 4 nitrogen and oxygen atoms in total. The predicted octanol–water partition coefficient (Wildman–Crippen LogP) is 2.47. The van der Waals surface area contributed by atoms with Gasteiger partial charge in [-0.25, -0.2) is 0 Å². The first-order valence-corrected chi connectivity index (χ1v) is 5.91. The van der Waals surface area contributed by atoms with Crippen LogP contribution in [0.3, 0.4) is 0 Å². The van der Waals surface area contributed by atoms with Crippen molar-refractivity contribution >= 4 is 11.9 Å². The van der Waals surface area contributed by atoms with Crippen LogP contribution in [0, 0.1) is 5.92 Å². The second kappa shape index (κ2) is 8.79. The van der Waals surface area contributed by atoms with Crippen molar-refractivity contribution in [3.05, 3.63) is 12.7 Å². The van der Waals surface area contributed by atoms with E-state index < -0.39 is 0 Å². The van der Waals surface area contributed by atoms with Crippen LogP contribution in [0.5, 0.6) is 0 Å². The van der Waals surface area contributed by atoms with Crippen molar-refractivity contribution in [1.82, 2.24) is 0 Å². The molecule has 0 aliphatic rings. The molecule has 0 N–H and O–H groups in total. The molecule has 0 rings (SSSR count). The van der Waals surface area contributed by atoms with Crippen LogP contribution in [0.15, 0.2) is 12.7 Å². The zero-order valence-electron chi connectivity index (χ0n) is 10.9. The normalized spacial score (nSPS) is 12.0. The largest absolute Gasteiger partial charge is 0.465 e. The van der Waals surface area contributed by atoms with Crippen LogP contribution in [-0.2, 0) is 19.1 Å². The third-order valence-electron chi connectivity index (χ3n) is 2.03. The second-order valence-electron chi connectivity index (χ2n) is 4.35. The first-order valence-electron chi connectivity index (χ1n) is 5.91. The molecule has 4 heteroatoms. The maximum Gasteiger partial charge on any atom is 0.305 e. The number of ether oxygens (including phenoxy) is 2. The molecule has 0 aliphatic carbocycles. The van der Waals surface area contributed by atoms with Crippen molar-refractivity contribution < 1.29 is 19.1 Å². The molecule has 1 unspecified atom stereocenters. The minimum Gasteiger partial charge on any atom is -0.465 e. The van der Waals surface area contributed by atoms with Crippen LogP contribution in [-0.4, -0.2) is 24.6 Å². The van der Waals surface area contributed by atoms with Gasteiger partial charge in [-0.2, -0.15) is 0 Å². The van der Waals surface area contributed by atoms with Crippen LogP contribution in [0.1, 0.15) is 40.0 Å². The Bertz CT molecular complexity index is 258. The number of rotatable bonds is 8. The smallest absolute Gasteiger partial charge is 0.305 e. The van der Waals surface area contributed by atoms with E-state index in [0.29, 0.717) is 31.8 Å². The highest BCUT2D eigenvalue weighted by molar-refractivity contribution is 5.69. The maximum absolute atomic E-state index is 11.3. The lowest BCUT2D eigenvalue weighted by Crippen LogP contribution is -2.15. The summed E-state index contributed by atoms with van der Waals surface area (Å²) in [4.78, 5) is 22.0. The topological polar surface area (TPSA) is 52.6 Å². The highest BCUT2D eigenvalue weighted by atomic mass is 16.5. The lowest BCUT2D eigenvalue weighted by Gasteiger charge is -2.12. The highest BCUT2D eigenvalue weighted by Gasteiger charge is 2.10. The van der Waals surface area contributed by atoms with Crippen LogP contribution >= 0.6 is 0 Å². The van der Waals surface area contributed by atoms with Crippen LogP contribution in [0.2, 0.25) is 0 Å². The summed E-state index contributed by atoms with van der Waals surface area (Å²) in [7, 11) is 0. The molecular weight excluding hydrogens is 220 g/mol. The third-order valence-corrected chi connectivity index (χ3v) is 2.03. The van der Waals surface area contributed by atoms with Crippen LogP contribution in [0.4, 0.5) is 0 Å². The fourth-order valence-corrected chi connectivity index (χ4v) is 1.22. The van der Waals surface area contributed by atoms with Gasteiger partial charge in [-0.05, 0) is 18.8 Å². The molecule has 0 bridgehead atoms. The highest BCUT2D eigenvalue weighted by Crippen LogP contribution is 2.07. The van der Waals surface area contributed by atoms with Gasteiger partial charge >= 0.3 is 11.9 Å². The molecular formula is C13H22O4. The van der Waals surface area contributed by atoms with Crippen molar-refractivity contribution in [3.8, 4) is 0 Å².